The highest BCUT2D eigenvalue weighted by Crippen LogP contribution is 2.22. The molecule has 0 atom stereocenters. The summed E-state index contributed by atoms with van der Waals surface area (Å²) in [6, 6.07) is 8.72. The van der Waals surface area contributed by atoms with Crippen molar-refractivity contribution in [2.45, 2.75) is 12.8 Å². The van der Waals surface area contributed by atoms with Gasteiger partial charge in [-0.05, 0) is 12.1 Å². The highest BCUT2D eigenvalue weighted by molar-refractivity contribution is 9.10. The first-order valence-electron chi connectivity index (χ1n) is 6.67. The molecule has 0 saturated carbocycles. The van der Waals surface area contributed by atoms with E-state index >= 15 is 0 Å². The topological polar surface area (TPSA) is 68.3 Å². The number of anilines is 1. The summed E-state index contributed by atoms with van der Waals surface area (Å²) in [6.45, 7) is 0. The van der Waals surface area contributed by atoms with Gasteiger partial charge in [-0.2, -0.15) is 0 Å². The van der Waals surface area contributed by atoms with Crippen molar-refractivity contribution < 1.29 is 14.3 Å². The van der Waals surface area contributed by atoms with E-state index in [1.165, 1.54) is 13.3 Å². The van der Waals surface area contributed by atoms with Gasteiger partial charge in [-0.3, -0.25) is 14.6 Å². The Morgan fingerprint density at radius 2 is 1.91 bits per heavy atom. The van der Waals surface area contributed by atoms with Crippen LogP contribution in [0.3, 0.4) is 0 Å². The van der Waals surface area contributed by atoms with Crippen LogP contribution in [0.4, 0.5) is 5.69 Å². The van der Waals surface area contributed by atoms with Gasteiger partial charge in [0.1, 0.15) is 11.4 Å². The van der Waals surface area contributed by atoms with Crippen LogP contribution in [0.25, 0.3) is 0 Å². The van der Waals surface area contributed by atoms with Gasteiger partial charge in [0, 0.05) is 35.1 Å². The Balaban J connectivity index is 1.90. The van der Waals surface area contributed by atoms with Crippen LogP contribution < -0.4 is 10.1 Å². The minimum atomic E-state index is -0.253. The van der Waals surface area contributed by atoms with Crippen LogP contribution in [0, 0.1) is 0 Å². The maximum atomic E-state index is 12.0. The van der Waals surface area contributed by atoms with Crippen LogP contribution in [0.5, 0.6) is 5.75 Å². The largest absolute Gasteiger partial charge is 0.494 e. The quantitative estimate of drug-likeness (QED) is 0.799. The lowest BCUT2D eigenvalue weighted by molar-refractivity contribution is -0.116. The normalized spacial score (nSPS) is 10.1. The molecule has 1 N–H and O–H groups in total. The molecule has 0 aliphatic rings. The van der Waals surface area contributed by atoms with E-state index in [0.29, 0.717) is 17.0 Å². The van der Waals surface area contributed by atoms with Crippen molar-refractivity contribution in [1.82, 2.24) is 4.98 Å². The Morgan fingerprint density at radius 3 is 2.59 bits per heavy atom. The lowest BCUT2D eigenvalue weighted by atomic mass is 10.1. The summed E-state index contributed by atoms with van der Waals surface area (Å²) in [5, 5.41) is 2.69. The summed E-state index contributed by atoms with van der Waals surface area (Å²) in [7, 11) is 1.52. The number of carbonyl (C=O) groups excluding carboxylic acids is 2. The summed E-state index contributed by atoms with van der Waals surface area (Å²) in [5.41, 5.74) is 1.08. The number of aromatic nitrogens is 1. The predicted octanol–water partition coefficient (Wildman–Crippen LogP) is 3.45. The Hall–Kier alpha value is -2.21. The molecule has 0 aliphatic carbocycles. The molecule has 0 aliphatic heterocycles. The molecule has 0 unspecified atom stereocenters. The van der Waals surface area contributed by atoms with Crippen molar-refractivity contribution in [2.24, 2.45) is 0 Å². The third kappa shape index (κ3) is 4.39. The highest BCUT2D eigenvalue weighted by Gasteiger charge is 2.11. The number of hydrogen-bond acceptors (Lipinski definition) is 4. The van der Waals surface area contributed by atoms with Gasteiger partial charge >= 0.3 is 0 Å². The van der Waals surface area contributed by atoms with E-state index < -0.39 is 0 Å². The third-order valence-electron chi connectivity index (χ3n) is 3.02. The molecule has 22 heavy (non-hydrogen) atoms. The van der Waals surface area contributed by atoms with Gasteiger partial charge in [-0.15, -0.1) is 0 Å². The van der Waals surface area contributed by atoms with Gasteiger partial charge < -0.3 is 10.1 Å². The molecule has 1 amide bonds. The second-order valence-electron chi connectivity index (χ2n) is 4.55. The molecule has 2 aromatic rings. The summed E-state index contributed by atoms with van der Waals surface area (Å²) in [4.78, 5) is 27.9. The van der Waals surface area contributed by atoms with E-state index in [-0.39, 0.29) is 24.5 Å². The molecule has 114 valence electrons. The van der Waals surface area contributed by atoms with E-state index in [0.717, 1.165) is 4.47 Å². The van der Waals surface area contributed by atoms with E-state index in [9.17, 15) is 9.59 Å². The van der Waals surface area contributed by atoms with Crippen LogP contribution in [0.15, 0.2) is 47.2 Å². The maximum Gasteiger partial charge on any atom is 0.224 e. The van der Waals surface area contributed by atoms with Crippen LogP contribution in [-0.4, -0.2) is 23.8 Å². The van der Waals surface area contributed by atoms with Crippen molar-refractivity contribution in [1.29, 1.82) is 0 Å². The van der Waals surface area contributed by atoms with E-state index in [1.54, 1.807) is 36.5 Å². The number of pyridine rings is 1. The minimum Gasteiger partial charge on any atom is -0.494 e. The van der Waals surface area contributed by atoms with Gasteiger partial charge in [0.25, 0.3) is 0 Å². The number of nitrogens with zero attached hydrogens (tertiary/aromatic N) is 1. The van der Waals surface area contributed by atoms with Crippen molar-refractivity contribution in [3.8, 4) is 5.75 Å². The number of amides is 1. The Kier molecular flexibility index (Phi) is 5.66. The zero-order valence-electron chi connectivity index (χ0n) is 12.0. The second-order valence-corrected chi connectivity index (χ2v) is 5.47. The fraction of sp³-hybridized carbons (Fsp3) is 0.188. The maximum absolute atomic E-state index is 12.0. The van der Waals surface area contributed by atoms with E-state index in [4.69, 9.17) is 4.74 Å². The first-order valence-corrected chi connectivity index (χ1v) is 7.46. The molecule has 1 aromatic heterocycles. The van der Waals surface area contributed by atoms with Crippen molar-refractivity contribution >= 4 is 33.3 Å². The minimum absolute atomic E-state index is 0.0687. The summed E-state index contributed by atoms with van der Waals surface area (Å²) in [6.07, 6.45) is 3.34. The SMILES string of the molecule is COc1ccncc1NC(=O)CCC(=O)c1ccc(Br)cc1. The number of ketones is 1. The molecule has 1 aromatic carbocycles. The number of Topliss-reactive ketones (excluding diaryl/α,β-unsaturated/α-hetero) is 1. The average Bonchev–Trinajstić information content (AvgIpc) is 2.54. The number of hydrogen-bond donors (Lipinski definition) is 1. The summed E-state index contributed by atoms with van der Waals surface area (Å²) < 4.78 is 6.03. The fourth-order valence-corrected chi connectivity index (χ4v) is 2.14. The van der Waals surface area contributed by atoms with Crippen LogP contribution in [0.1, 0.15) is 23.2 Å². The summed E-state index contributed by atoms with van der Waals surface area (Å²) >= 11 is 3.31. The highest BCUT2D eigenvalue weighted by atomic mass is 79.9. The molecule has 2 rings (SSSR count). The van der Waals surface area contributed by atoms with Crippen molar-refractivity contribution in [3.63, 3.8) is 0 Å². The molecule has 5 nitrogen and oxygen atoms in total. The van der Waals surface area contributed by atoms with Crippen LogP contribution in [-0.2, 0) is 4.79 Å². The lowest BCUT2D eigenvalue weighted by Gasteiger charge is -2.09. The van der Waals surface area contributed by atoms with E-state index in [1.807, 2.05) is 0 Å². The number of ether oxygens (including phenoxy) is 1. The summed E-state index contributed by atoms with van der Waals surface area (Å²) in [5.74, 6) is 0.208. The third-order valence-corrected chi connectivity index (χ3v) is 3.55. The van der Waals surface area contributed by atoms with Crippen molar-refractivity contribution in [2.75, 3.05) is 12.4 Å². The standard InChI is InChI=1S/C16H15BrN2O3/c1-22-15-8-9-18-10-13(15)19-16(21)7-6-14(20)11-2-4-12(17)5-3-11/h2-5,8-10H,6-7H2,1H3,(H,19,21). The fourth-order valence-electron chi connectivity index (χ4n) is 1.87. The molecule has 0 saturated heterocycles. The molecular formula is C16H15BrN2O3. The molecule has 0 fully saturated rings. The Bertz CT molecular complexity index is 671. The molecule has 0 radical (unpaired) electrons. The number of methoxy groups -OCH3 is 1. The first kappa shape index (κ1) is 16.2. The second kappa shape index (κ2) is 7.70. The van der Waals surface area contributed by atoms with Gasteiger partial charge in [0.2, 0.25) is 5.91 Å². The van der Waals surface area contributed by atoms with Crippen molar-refractivity contribution in [3.05, 3.63) is 52.8 Å². The number of halogens is 1. The molecule has 0 bridgehead atoms. The number of benzene rings is 1. The monoisotopic (exact) mass is 362 g/mol. The number of rotatable bonds is 6. The number of carbonyl (C=O) groups is 2. The molecule has 1 heterocycles. The smallest absolute Gasteiger partial charge is 0.224 e. The Morgan fingerprint density at radius 1 is 1.18 bits per heavy atom. The van der Waals surface area contributed by atoms with Crippen LogP contribution in [0.2, 0.25) is 0 Å². The molecular weight excluding hydrogens is 348 g/mol. The average molecular weight is 363 g/mol. The Labute approximate surface area is 136 Å². The zero-order chi connectivity index (χ0) is 15.9. The zero-order valence-corrected chi connectivity index (χ0v) is 13.6. The van der Waals surface area contributed by atoms with Gasteiger partial charge in [0.05, 0.1) is 13.3 Å². The molecule has 0 spiro atoms. The van der Waals surface area contributed by atoms with Crippen LogP contribution >= 0.6 is 15.9 Å². The van der Waals surface area contributed by atoms with Gasteiger partial charge in [-0.25, -0.2) is 0 Å². The van der Waals surface area contributed by atoms with Gasteiger partial charge in [0.15, 0.2) is 5.78 Å². The number of nitrogens with one attached hydrogen (secondary N) is 1. The van der Waals surface area contributed by atoms with E-state index in [2.05, 4.69) is 26.2 Å². The predicted molar refractivity (Wildman–Crippen MR) is 87.1 cm³/mol. The van der Waals surface area contributed by atoms with Gasteiger partial charge in [-0.1, -0.05) is 28.1 Å². The first-order chi connectivity index (χ1) is 10.6. The lowest BCUT2D eigenvalue weighted by Crippen LogP contribution is -2.14. The molecule has 6 heteroatoms.